The fourth-order valence-corrected chi connectivity index (χ4v) is 6.12. The van der Waals surface area contributed by atoms with Gasteiger partial charge >= 0.3 is 5.97 Å². The Kier molecular flexibility index (Phi) is 7.80. The number of Topliss-reactive ketones (excluding diaryl/α,β-unsaturated/α-hetero) is 1. The summed E-state index contributed by atoms with van der Waals surface area (Å²) in [5.41, 5.74) is 4.31. The molecule has 0 amide bonds. The van der Waals surface area contributed by atoms with Crippen LogP contribution in [0.4, 0.5) is 0 Å². The van der Waals surface area contributed by atoms with E-state index in [1.165, 1.54) is 0 Å². The molecule has 0 saturated heterocycles. The van der Waals surface area contributed by atoms with Crippen molar-refractivity contribution in [2.24, 2.45) is 0 Å². The zero-order chi connectivity index (χ0) is 26.8. The van der Waals surface area contributed by atoms with Crippen LogP contribution in [0.3, 0.4) is 0 Å². The molecule has 2 aromatic carbocycles. The van der Waals surface area contributed by atoms with E-state index in [1.807, 2.05) is 38.1 Å². The average molecular weight is 536 g/mol. The van der Waals surface area contributed by atoms with E-state index in [0.29, 0.717) is 52.6 Å². The molecule has 1 saturated carbocycles. The van der Waals surface area contributed by atoms with Crippen LogP contribution in [-0.2, 0) is 14.3 Å². The summed E-state index contributed by atoms with van der Waals surface area (Å²) in [4.78, 5) is 27.5. The average Bonchev–Trinajstić information content (AvgIpc) is 2.90. The van der Waals surface area contributed by atoms with Crippen molar-refractivity contribution in [3.05, 3.63) is 81.2 Å². The van der Waals surface area contributed by atoms with E-state index in [1.54, 1.807) is 18.2 Å². The van der Waals surface area contributed by atoms with Crippen LogP contribution in [-0.4, -0.2) is 29.6 Å². The minimum absolute atomic E-state index is 0.00834. The molecule has 1 fully saturated rings. The second-order valence-corrected chi connectivity index (χ2v) is 10.8. The molecule has 200 valence electrons. The summed E-state index contributed by atoms with van der Waals surface area (Å²) in [6.07, 6.45) is 5.84. The Morgan fingerprint density at radius 3 is 2.47 bits per heavy atom. The molecule has 1 heterocycles. The van der Waals surface area contributed by atoms with Crippen LogP contribution in [0, 0.1) is 0 Å². The summed E-state index contributed by atoms with van der Waals surface area (Å²) < 4.78 is 11.7. The molecule has 0 spiro atoms. The van der Waals surface area contributed by atoms with E-state index in [2.05, 4.69) is 5.32 Å². The maximum Gasteiger partial charge on any atom is 0.337 e. The fraction of sp³-hybridized carbons (Fsp3) is 0.419. The van der Waals surface area contributed by atoms with E-state index in [-0.39, 0.29) is 23.6 Å². The lowest BCUT2D eigenvalue weighted by molar-refractivity contribution is -0.146. The predicted molar refractivity (Wildman–Crippen MR) is 146 cm³/mol. The number of hydrogen-bond acceptors (Lipinski definition) is 6. The van der Waals surface area contributed by atoms with E-state index >= 15 is 0 Å². The first-order valence-corrected chi connectivity index (χ1v) is 13.9. The first-order valence-electron chi connectivity index (χ1n) is 13.5. The molecule has 1 aliphatic heterocycles. The lowest BCUT2D eigenvalue weighted by Crippen LogP contribution is -2.37. The van der Waals surface area contributed by atoms with Gasteiger partial charge in [-0.15, -0.1) is 0 Å². The lowest BCUT2D eigenvalue weighted by Gasteiger charge is -2.37. The van der Waals surface area contributed by atoms with Crippen molar-refractivity contribution in [2.45, 2.75) is 76.7 Å². The van der Waals surface area contributed by atoms with E-state index in [0.717, 1.165) is 43.4 Å². The minimum Gasteiger partial charge on any atom is -0.504 e. The van der Waals surface area contributed by atoms with Crippen LogP contribution in [0.15, 0.2) is 65.0 Å². The molecule has 0 unspecified atom stereocenters. The molecular weight excluding hydrogens is 502 g/mol. The van der Waals surface area contributed by atoms with Gasteiger partial charge in [0.1, 0.15) is 6.10 Å². The highest BCUT2D eigenvalue weighted by atomic mass is 35.5. The van der Waals surface area contributed by atoms with Gasteiger partial charge in [0, 0.05) is 34.3 Å². The highest BCUT2D eigenvalue weighted by Gasteiger charge is 2.42. The van der Waals surface area contributed by atoms with Crippen molar-refractivity contribution in [1.82, 2.24) is 5.32 Å². The highest BCUT2D eigenvalue weighted by Crippen LogP contribution is 2.47. The van der Waals surface area contributed by atoms with Gasteiger partial charge in [0.25, 0.3) is 0 Å². The second-order valence-electron chi connectivity index (χ2n) is 10.4. The number of phenols is 1. The monoisotopic (exact) mass is 535 g/mol. The Morgan fingerprint density at radius 1 is 1.05 bits per heavy atom. The number of carbonyl (C=O) groups excluding carboxylic acids is 2. The number of ether oxygens (including phenoxy) is 2. The molecule has 2 atom stereocenters. The van der Waals surface area contributed by atoms with Gasteiger partial charge < -0.3 is 19.9 Å². The first-order chi connectivity index (χ1) is 18.4. The Hall–Kier alpha value is -3.25. The molecule has 0 bridgehead atoms. The SMILES string of the molecule is CCOc1cc([C@H]2C(C(=O)OC3CCCCC3)=C(C)NC3=C2C(=O)C[C@H](c2ccc(Cl)cc2)C3)ccc1O. The second kappa shape index (κ2) is 11.2. The van der Waals surface area contributed by atoms with E-state index < -0.39 is 11.9 Å². The number of esters is 1. The van der Waals surface area contributed by atoms with Gasteiger partial charge in [0.15, 0.2) is 17.3 Å². The standard InChI is InChI=1S/C31H34ClNO5/c1-3-37-27-17-20(11-14-25(27)34)29-28(31(36)38-23-7-5-4-6-8-23)18(2)33-24-15-21(16-26(35)30(24)29)19-9-12-22(32)13-10-19/h9-14,17,21,23,29,33-34H,3-8,15-16H2,1-2H3/t21-,29+/m1/s1. The minimum atomic E-state index is -0.610. The third kappa shape index (κ3) is 5.32. The first kappa shape index (κ1) is 26.4. The molecule has 38 heavy (non-hydrogen) atoms. The Labute approximate surface area is 228 Å². The summed E-state index contributed by atoms with van der Waals surface area (Å²) in [6, 6.07) is 12.7. The number of phenolic OH excluding ortho intramolecular Hbond substituents is 1. The predicted octanol–water partition coefficient (Wildman–Crippen LogP) is 6.68. The maximum absolute atomic E-state index is 13.8. The Balaban J connectivity index is 1.55. The van der Waals surface area contributed by atoms with Crippen molar-refractivity contribution >= 4 is 23.4 Å². The fourth-order valence-electron chi connectivity index (χ4n) is 5.99. The van der Waals surface area contributed by atoms with Gasteiger partial charge in [0.2, 0.25) is 0 Å². The summed E-state index contributed by atoms with van der Waals surface area (Å²) in [5, 5.41) is 14.4. The number of carbonyl (C=O) groups is 2. The molecule has 5 rings (SSSR count). The number of nitrogens with one attached hydrogen (secondary N) is 1. The number of ketones is 1. The number of allylic oxidation sites excluding steroid dienone is 3. The molecule has 2 aliphatic carbocycles. The molecule has 0 radical (unpaired) electrons. The zero-order valence-corrected chi connectivity index (χ0v) is 22.6. The third-order valence-corrected chi connectivity index (χ3v) is 8.08. The Bertz CT molecular complexity index is 1290. The summed E-state index contributed by atoms with van der Waals surface area (Å²) >= 11 is 6.09. The molecule has 2 N–H and O–H groups in total. The van der Waals surface area contributed by atoms with Crippen LogP contribution >= 0.6 is 11.6 Å². The zero-order valence-electron chi connectivity index (χ0n) is 21.9. The van der Waals surface area contributed by atoms with Gasteiger partial charge in [0.05, 0.1) is 12.2 Å². The van der Waals surface area contributed by atoms with Crippen molar-refractivity contribution in [3.63, 3.8) is 0 Å². The lowest BCUT2D eigenvalue weighted by atomic mass is 9.71. The largest absolute Gasteiger partial charge is 0.504 e. The molecule has 7 heteroatoms. The topological polar surface area (TPSA) is 84.9 Å². The maximum atomic E-state index is 13.8. The number of benzene rings is 2. The third-order valence-electron chi connectivity index (χ3n) is 7.83. The summed E-state index contributed by atoms with van der Waals surface area (Å²) in [6.45, 7) is 4.09. The van der Waals surface area contributed by atoms with Gasteiger partial charge in [-0.1, -0.05) is 36.2 Å². The van der Waals surface area contributed by atoms with E-state index in [9.17, 15) is 14.7 Å². The highest BCUT2D eigenvalue weighted by molar-refractivity contribution is 6.30. The van der Waals surface area contributed by atoms with Crippen molar-refractivity contribution < 1.29 is 24.2 Å². The number of rotatable bonds is 6. The molecule has 6 nitrogen and oxygen atoms in total. The molecule has 0 aromatic heterocycles. The van der Waals surface area contributed by atoms with Gasteiger partial charge in [-0.05, 0) is 87.3 Å². The smallest absolute Gasteiger partial charge is 0.337 e. The van der Waals surface area contributed by atoms with Gasteiger partial charge in [-0.2, -0.15) is 0 Å². The number of hydrogen-bond donors (Lipinski definition) is 2. The van der Waals surface area contributed by atoms with E-state index in [4.69, 9.17) is 21.1 Å². The Morgan fingerprint density at radius 2 is 1.76 bits per heavy atom. The van der Waals surface area contributed by atoms with Crippen LogP contribution in [0.25, 0.3) is 0 Å². The van der Waals surface area contributed by atoms with Crippen LogP contribution < -0.4 is 10.1 Å². The molecule has 2 aromatic rings. The number of dihydropyridines is 1. The van der Waals surface area contributed by atoms with Crippen LogP contribution in [0.2, 0.25) is 5.02 Å². The van der Waals surface area contributed by atoms with Crippen molar-refractivity contribution in [1.29, 1.82) is 0 Å². The molecule has 3 aliphatic rings. The van der Waals surface area contributed by atoms with Crippen LogP contribution in [0.5, 0.6) is 11.5 Å². The molecular formula is C31H34ClNO5. The quantitative estimate of drug-likeness (QED) is 0.401. The van der Waals surface area contributed by atoms with Crippen molar-refractivity contribution in [3.8, 4) is 11.5 Å². The van der Waals surface area contributed by atoms with Gasteiger partial charge in [-0.3, -0.25) is 4.79 Å². The number of aromatic hydroxyl groups is 1. The van der Waals surface area contributed by atoms with Crippen LogP contribution in [0.1, 0.15) is 81.8 Å². The summed E-state index contributed by atoms with van der Waals surface area (Å²) in [7, 11) is 0. The normalized spacial score (nSPS) is 22.1. The summed E-state index contributed by atoms with van der Waals surface area (Å²) in [5.74, 6) is -0.661. The van der Waals surface area contributed by atoms with Gasteiger partial charge in [-0.25, -0.2) is 4.79 Å². The van der Waals surface area contributed by atoms with Crippen molar-refractivity contribution in [2.75, 3.05) is 6.61 Å². The number of halogens is 1.